The summed E-state index contributed by atoms with van der Waals surface area (Å²) in [4.78, 5) is 12.3. The zero-order chi connectivity index (χ0) is 18.5. The van der Waals surface area contributed by atoms with Crippen molar-refractivity contribution in [2.75, 3.05) is 0 Å². The monoisotopic (exact) mass is 351 g/mol. The third-order valence-electron chi connectivity index (χ3n) is 5.44. The van der Waals surface area contributed by atoms with Crippen LogP contribution >= 0.6 is 0 Å². The van der Waals surface area contributed by atoms with Gasteiger partial charge in [-0.2, -0.15) is 0 Å². The average molecular weight is 351 g/mol. The number of benzene rings is 2. The zero-order valence-electron chi connectivity index (χ0n) is 15.5. The lowest BCUT2D eigenvalue weighted by Crippen LogP contribution is -2.42. The topological polar surface area (TPSA) is 58.6 Å². The summed E-state index contributed by atoms with van der Waals surface area (Å²) < 4.78 is 5.53. The summed E-state index contributed by atoms with van der Waals surface area (Å²) in [7, 11) is 0. The third kappa shape index (κ3) is 2.88. The summed E-state index contributed by atoms with van der Waals surface area (Å²) in [5, 5.41) is 14.0. The summed E-state index contributed by atoms with van der Waals surface area (Å²) in [6, 6.07) is 12.5. The first-order chi connectivity index (χ1) is 12.3. The summed E-state index contributed by atoms with van der Waals surface area (Å²) in [6.07, 6.45) is 1.94. The summed E-state index contributed by atoms with van der Waals surface area (Å²) in [5.41, 5.74) is 4.30. The Balaban J connectivity index is 1.78. The summed E-state index contributed by atoms with van der Waals surface area (Å²) >= 11 is 0. The van der Waals surface area contributed by atoms with E-state index in [-0.39, 0.29) is 23.4 Å². The first kappa shape index (κ1) is 17.1. The van der Waals surface area contributed by atoms with Gasteiger partial charge in [-0.1, -0.05) is 24.3 Å². The number of phenols is 1. The van der Waals surface area contributed by atoms with Crippen molar-refractivity contribution in [1.82, 2.24) is 5.32 Å². The first-order valence-electron chi connectivity index (χ1n) is 9.24. The van der Waals surface area contributed by atoms with Gasteiger partial charge < -0.3 is 15.2 Å². The molecule has 0 spiro atoms. The van der Waals surface area contributed by atoms with Crippen molar-refractivity contribution < 1.29 is 14.6 Å². The average Bonchev–Trinajstić information content (AvgIpc) is 2.61. The van der Waals surface area contributed by atoms with Gasteiger partial charge in [0.05, 0.1) is 5.41 Å². The van der Waals surface area contributed by atoms with Crippen molar-refractivity contribution in [2.24, 2.45) is 5.41 Å². The molecule has 0 saturated heterocycles. The molecule has 0 unspecified atom stereocenters. The van der Waals surface area contributed by atoms with Crippen molar-refractivity contribution in [3.63, 3.8) is 0 Å². The Morgan fingerprint density at radius 3 is 2.69 bits per heavy atom. The van der Waals surface area contributed by atoms with Crippen LogP contribution in [0.3, 0.4) is 0 Å². The molecule has 4 rings (SSSR count). The maximum Gasteiger partial charge on any atom is 0.316 e. The van der Waals surface area contributed by atoms with E-state index in [0.717, 1.165) is 30.5 Å². The molecule has 26 heavy (non-hydrogen) atoms. The number of esters is 1. The van der Waals surface area contributed by atoms with E-state index in [1.807, 2.05) is 26.8 Å². The number of hydrogen-bond donors (Lipinski definition) is 2. The van der Waals surface area contributed by atoms with Crippen LogP contribution in [0, 0.1) is 5.41 Å². The number of carbonyl (C=O) groups is 1. The second kappa shape index (κ2) is 6.13. The van der Waals surface area contributed by atoms with Gasteiger partial charge in [-0.3, -0.25) is 4.79 Å². The van der Waals surface area contributed by atoms with Gasteiger partial charge in [0, 0.05) is 18.5 Å². The molecule has 0 amide bonds. The molecule has 0 aromatic heterocycles. The molecule has 1 aliphatic heterocycles. The Hall–Kier alpha value is -2.33. The molecule has 4 heteroatoms. The molecule has 2 atom stereocenters. The number of phenolic OH excluding ortho intramolecular Hbond substituents is 1. The minimum atomic E-state index is -0.621. The zero-order valence-corrected chi connectivity index (χ0v) is 15.5. The molecule has 4 nitrogen and oxygen atoms in total. The van der Waals surface area contributed by atoms with Gasteiger partial charge in [-0.05, 0) is 68.0 Å². The van der Waals surface area contributed by atoms with Crippen LogP contribution in [0.2, 0.25) is 0 Å². The number of fused-ring (bicyclic) bond motifs is 5. The molecule has 0 radical (unpaired) electrons. The molecule has 2 aromatic carbocycles. The number of rotatable bonds is 1. The van der Waals surface area contributed by atoms with Crippen LogP contribution in [0.5, 0.6) is 11.5 Å². The van der Waals surface area contributed by atoms with E-state index in [1.54, 1.807) is 6.07 Å². The fraction of sp³-hybridized carbons (Fsp3) is 0.409. The van der Waals surface area contributed by atoms with Crippen molar-refractivity contribution in [1.29, 1.82) is 0 Å². The van der Waals surface area contributed by atoms with Crippen molar-refractivity contribution >= 4 is 5.97 Å². The lowest BCUT2D eigenvalue weighted by molar-refractivity contribution is -0.143. The maximum absolute atomic E-state index is 12.3. The van der Waals surface area contributed by atoms with Gasteiger partial charge in [0.1, 0.15) is 0 Å². The van der Waals surface area contributed by atoms with Gasteiger partial charge in [0.2, 0.25) is 0 Å². The van der Waals surface area contributed by atoms with E-state index in [0.29, 0.717) is 6.04 Å². The lowest BCUT2D eigenvalue weighted by atomic mass is 9.72. The second-order valence-electron chi connectivity index (χ2n) is 8.36. The predicted molar refractivity (Wildman–Crippen MR) is 100 cm³/mol. The molecule has 136 valence electrons. The van der Waals surface area contributed by atoms with E-state index in [9.17, 15) is 9.90 Å². The number of aryl methyl sites for hydroxylation is 1. The van der Waals surface area contributed by atoms with Crippen molar-refractivity contribution in [3.05, 3.63) is 58.7 Å². The smallest absolute Gasteiger partial charge is 0.316 e. The highest BCUT2D eigenvalue weighted by molar-refractivity contribution is 5.78. The minimum Gasteiger partial charge on any atom is -0.504 e. The van der Waals surface area contributed by atoms with Crippen LogP contribution in [0.15, 0.2) is 36.4 Å². The van der Waals surface area contributed by atoms with Gasteiger partial charge in [-0.15, -0.1) is 0 Å². The van der Waals surface area contributed by atoms with E-state index in [4.69, 9.17) is 4.74 Å². The van der Waals surface area contributed by atoms with Gasteiger partial charge in [0.25, 0.3) is 0 Å². The SMILES string of the molecule is CC(C)(C)C(=O)Oc1cc2c(cc1O)CC[C@H]1NCc3ccccc3[C@H]21. The van der Waals surface area contributed by atoms with Crippen molar-refractivity contribution in [2.45, 2.75) is 52.1 Å². The Morgan fingerprint density at radius 1 is 1.15 bits per heavy atom. The Labute approximate surface area is 154 Å². The normalized spacial score (nSPS) is 21.3. The predicted octanol–water partition coefficient (Wildman–Crippen LogP) is 3.89. The Kier molecular flexibility index (Phi) is 4.03. The second-order valence-corrected chi connectivity index (χ2v) is 8.36. The Bertz CT molecular complexity index is 866. The number of ether oxygens (including phenoxy) is 1. The van der Waals surface area contributed by atoms with Gasteiger partial charge in [0.15, 0.2) is 11.5 Å². The van der Waals surface area contributed by atoms with Crippen LogP contribution in [0.4, 0.5) is 0 Å². The number of nitrogens with one attached hydrogen (secondary N) is 1. The first-order valence-corrected chi connectivity index (χ1v) is 9.24. The van der Waals surface area contributed by atoms with Crippen LogP contribution in [-0.4, -0.2) is 17.1 Å². The van der Waals surface area contributed by atoms with Crippen LogP contribution in [-0.2, 0) is 17.8 Å². The lowest BCUT2D eigenvalue weighted by Gasteiger charge is -2.39. The largest absolute Gasteiger partial charge is 0.504 e. The molecule has 2 N–H and O–H groups in total. The molecule has 0 fully saturated rings. The van der Waals surface area contributed by atoms with Crippen LogP contribution in [0.25, 0.3) is 0 Å². The fourth-order valence-corrected chi connectivity index (χ4v) is 4.01. The van der Waals surface area contributed by atoms with Gasteiger partial charge in [-0.25, -0.2) is 0 Å². The quantitative estimate of drug-likeness (QED) is 0.604. The molecule has 1 heterocycles. The molecule has 0 saturated carbocycles. The van der Waals surface area contributed by atoms with Crippen LogP contribution < -0.4 is 10.1 Å². The van der Waals surface area contributed by atoms with E-state index >= 15 is 0 Å². The van der Waals surface area contributed by atoms with E-state index in [2.05, 4.69) is 29.6 Å². The standard InChI is InChI=1S/C22H25NO3/c1-22(2,3)21(25)26-19-11-16-13(10-18(19)24)8-9-17-20(16)15-7-5-4-6-14(15)12-23-17/h4-7,10-11,17,20,23-24H,8-9,12H2,1-3H3/t17-,20-/m1/s1. The van der Waals surface area contributed by atoms with E-state index in [1.165, 1.54) is 11.1 Å². The van der Waals surface area contributed by atoms with Crippen LogP contribution in [0.1, 0.15) is 55.4 Å². The molecule has 0 bridgehead atoms. The highest BCUT2D eigenvalue weighted by Gasteiger charge is 2.36. The maximum atomic E-state index is 12.3. The number of aromatic hydroxyl groups is 1. The highest BCUT2D eigenvalue weighted by Crippen LogP contribution is 2.44. The summed E-state index contributed by atoms with van der Waals surface area (Å²) in [6.45, 7) is 6.31. The molecule has 2 aliphatic rings. The Morgan fingerprint density at radius 2 is 1.92 bits per heavy atom. The molecular formula is C22H25NO3. The summed E-state index contributed by atoms with van der Waals surface area (Å²) in [5.74, 6) is 0.169. The number of carbonyl (C=O) groups excluding carboxylic acids is 1. The molecule has 2 aromatic rings. The molecule has 1 aliphatic carbocycles. The third-order valence-corrected chi connectivity index (χ3v) is 5.44. The molecular weight excluding hydrogens is 326 g/mol. The minimum absolute atomic E-state index is 0.0388. The van der Waals surface area contributed by atoms with Crippen molar-refractivity contribution in [3.8, 4) is 11.5 Å². The highest BCUT2D eigenvalue weighted by atomic mass is 16.5. The van der Waals surface area contributed by atoms with Gasteiger partial charge >= 0.3 is 5.97 Å². The number of hydrogen-bond acceptors (Lipinski definition) is 4. The van der Waals surface area contributed by atoms with E-state index < -0.39 is 5.41 Å². The fourth-order valence-electron chi connectivity index (χ4n) is 4.01.